The summed E-state index contributed by atoms with van der Waals surface area (Å²) in [6.45, 7) is 7.67. The van der Waals surface area contributed by atoms with E-state index in [0.29, 0.717) is 19.4 Å². The molecule has 2 rings (SSSR count). The second-order valence-corrected chi connectivity index (χ2v) is 6.48. The zero-order valence-corrected chi connectivity index (χ0v) is 14.0. The molecule has 1 spiro atoms. The highest BCUT2D eigenvalue weighted by Gasteiger charge is 2.65. The van der Waals surface area contributed by atoms with E-state index >= 15 is 0 Å². The molecule has 2 saturated heterocycles. The maximum atomic E-state index is 12.5. The van der Waals surface area contributed by atoms with E-state index in [1.807, 2.05) is 13.8 Å². The molecule has 0 radical (unpaired) electrons. The van der Waals surface area contributed by atoms with Crippen molar-refractivity contribution in [3.05, 3.63) is 0 Å². The summed E-state index contributed by atoms with van der Waals surface area (Å²) in [7, 11) is 0. The monoisotopic (exact) mass is 328 g/mol. The van der Waals surface area contributed by atoms with Crippen molar-refractivity contribution in [2.24, 2.45) is 11.8 Å². The number of hydrogen-bond acceptors (Lipinski definition) is 7. The second-order valence-electron chi connectivity index (χ2n) is 6.48. The SMILES string of the molecule is CCOC(=O)[C@H]1C(=O)O[C@]2(CCOC(C)(C)C2)[C@H]1C(=O)OCC. The van der Waals surface area contributed by atoms with E-state index in [9.17, 15) is 14.4 Å². The minimum atomic E-state index is -1.28. The third-order valence-electron chi connectivity index (χ3n) is 4.28. The molecule has 0 aromatic carbocycles. The van der Waals surface area contributed by atoms with Crippen LogP contribution in [0.2, 0.25) is 0 Å². The third-order valence-corrected chi connectivity index (χ3v) is 4.28. The number of carbonyl (C=O) groups excluding carboxylic acids is 3. The maximum absolute atomic E-state index is 12.5. The summed E-state index contributed by atoms with van der Waals surface area (Å²) in [5.74, 6) is -4.34. The van der Waals surface area contributed by atoms with E-state index < -0.39 is 40.9 Å². The quantitative estimate of drug-likeness (QED) is 0.436. The van der Waals surface area contributed by atoms with Crippen LogP contribution in [-0.4, -0.2) is 48.9 Å². The maximum Gasteiger partial charge on any atom is 0.321 e. The van der Waals surface area contributed by atoms with Crippen LogP contribution in [0.3, 0.4) is 0 Å². The van der Waals surface area contributed by atoms with Crippen LogP contribution in [0.25, 0.3) is 0 Å². The van der Waals surface area contributed by atoms with Crippen LogP contribution in [0.15, 0.2) is 0 Å². The molecule has 7 nitrogen and oxygen atoms in total. The molecular formula is C16H24O7. The Bertz CT molecular complexity index is 499. The van der Waals surface area contributed by atoms with Gasteiger partial charge in [-0.3, -0.25) is 14.4 Å². The summed E-state index contributed by atoms with van der Waals surface area (Å²) in [5, 5.41) is 0. The Kier molecular flexibility index (Phi) is 4.98. The molecule has 2 fully saturated rings. The average molecular weight is 328 g/mol. The van der Waals surface area contributed by atoms with Crippen molar-refractivity contribution in [1.29, 1.82) is 0 Å². The predicted molar refractivity (Wildman–Crippen MR) is 78.3 cm³/mol. The first-order valence-electron chi connectivity index (χ1n) is 7.96. The van der Waals surface area contributed by atoms with Crippen LogP contribution >= 0.6 is 0 Å². The fourth-order valence-corrected chi connectivity index (χ4v) is 3.53. The minimum absolute atomic E-state index is 0.125. The van der Waals surface area contributed by atoms with Crippen LogP contribution < -0.4 is 0 Å². The van der Waals surface area contributed by atoms with Crippen LogP contribution in [0, 0.1) is 11.8 Å². The van der Waals surface area contributed by atoms with Gasteiger partial charge in [-0.05, 0) is 27.7 Å². The number of esters is 3. The van der Waals surface area contributed by atoms with Gasteiger partial charge >= 0.3 is 17.9 Å². The first kappa shape index (κ1) is 17.7. The van der Waals surface area contributed by atoms with Gasteiger partial charge in [-0.15, -0.1) is 0 Å². The normalized spacial score (nSPS) is 32.4. The van der Waals surface area contributed by atoms with Crippen molar-refractivity contribution in [3.8, 4) is 0 Å². The Balaban J connectivity index is 2.39. The minimum Gasteiger partial charge on any atom is -0.466 e. The number of carbonyl (C=O) groups is 3. The van der Waals surface area contributed by atoms with E-state index in [4.69, 9.17) is 18.9 Å². The molecule has 2 aliphatic heterocycles. The average Bonchev–Trinajstić information content (AvgIpc) is 2.69. The molecule has 2 aliphatic rings. The largest absolute Gasteiger partial charge is 0.466 e. The molecule has 2 heterocycles. The molecule has 23 heavy (non-hydrogen) atoms. The molecule has 0 N–H and O–H groups in total. The molecule has 0 saturated carbocycles. The Morgan fingerprint density at radius 3 is 2.35 bits per heavy atom. The highest BCUT2D eigenvalue weighted by molar-refractivity contribution is 6.02. The lowest BCUT2D eigenvalue weighted by Crippen LogP contribution is -2.53. The first-order chi connectivity index (χ1) is 10.8. The van der Waals surface area contributed by atoms with Gasteiger partial charge in [0.1, 0.15) is 11.5 Å². The second kappa shape index (κ2) is 6.47. The molecule has 0 aliphatic carbocycles. The summed E-state index contributed by atoms with van der Waals surface area (Å²) >= 11 is 0. The molecule has 0 amide bonds. The van der Waals surface area contributed by atoms with Crippen molar-refractivity contribution in [1.82, 2.24) is 0 Å². The van der Waals surface area contributed by atoms with Crippen molar-refractivity contribution in [3.63, 3.8) is 0 Å². The van der Waals surface area contributed by atoms with Gasteiger partial charge < -0.3 is 18.9 Å². The van der Waals surface area contributed by atoms with E-state index in [1.54, 1.807) is 13.8 Å². The molecule has 0 aromatic rings. The fourth-order valence-electron chi connectivity index (χ4n) is 3.53. The van der Waals surface area contributed by atoms with Gasteiger partial charge in [0.15, 0.2) is 5.92 Å². The van der Waals surface area contributed by atoms with Gasteiger partial charge in [0.2, 0.25) is 0 Å². The molecule has 7 heteroatoms. The van der Waals surface area contributed by atoms with Gasteiger partial charge in [-0.2, -0.15) is 0 Å². The van der Waals surface area contributed by atoms with Crippen LogP contribution in [-0.2, 0) is 33.3 Å². The van der Waals surface area contributed by atoms with Crippen molar-refractivity contribution in [2.45, 2.75) is 51.7 Å². The van der Waals surface area contributed by atoms with Gasteiger partial charge in [0.25, 0.3) is 0 Å². The molecule has 3 atom stereocenters. The molecular weight excluding hydrogens is 304 g/mol. The van der Waals surface area contributed by atoms with E-state index in [2.05, 4.69) is 0 Å². The standard InChI is InChI=1S/C16H24O7/c1-5-20-12(17)10-11(14(19)21-6-2)16(23-13(10)18)7-8-22-15(3,4)9-16/h10-11H,5-9H2,1-4H3/t10-,11+,16-/m0/s1. The summed E-state index contributed by atoms with van der Waals surface area (Å²) in [6.07, 6.45) is 0.673. The highest BCUT2D eigenvalue weighted by atomic mass is 16.6. The number of hydrogen-bond donors (Lipinski definition) is 0. The molecule has 0 aromatic heterocycles. The van der Waals surface area contributed by atoms with Crippen molar-refractivity contribution >= 4 is 17.9 Å². The Morgan fingerprint density at radius 1 is 1.17 bits per heavy atom. The predicted octanol–water partition coefficient (Wildman–Crippen LogP) is 1.23. The number of ether oxygens (including phenoxy) is 4. The Morgan fingerprint density at radius 2 is 1.78 bits per heavy atom. The van der Waals surface area contributed by atoms with E-state index in [-0.39, 0.29) is 13.2 Å². The van der Waals surface area contributed by atoms with Gasteiger partial charge in [0.05, 0.1) is 25.4 Å². The lowest BCUT2D eigenvalue weighted by Gasteiger charge is -2.43. The fraction of sp³-hybridized carbons (Fsp3) is 0.812. The summed E-state index contributed by atoms with van der Waals surface area (Å²) in [6, 6.07) is 0. The lowest BCUT2D eigenvalue weighted by molar-refractivity contribution is -0.185. The zero-order chi connectivity index (χ0) is 17.3. The van der Waals surface area contributed by atoms with Crippen LogP contribution in [0.5, 0.6) is 0 Å². The first-order valence-corrected chi connectivity index (χ1v) is 7.96. The molecule has 130 valence electrons. The Hall–Kier alpha value is -1.63. The van der Waals surface area contributed by atoms with Crippen LogP contribution in [0.1, 0.15) is 40.5 Å². The Labute approximate surface area is 135 Å². The van der Waals surface area contributed by atoms with Gasteiger partial charge in [-0.1, -0.05) is 0 Å². The molecule has 0 bridgehead atoms. The summed E-state index contributed by atoms with van der Waals surface area (Å²) in [5.41, 5.74) is -1.64. The highest BCUT2D eigenvalue weighted by Crippen LogP contribution is 2.48. The van der Waals surface area contributed by atoms with Gasteiger partial charge in [0, 0.05) is 12.8 Å². The summed E-state index contributed by atoms with van der Waals surface area (Å²) < 4.78 is 21.3. The van der Waals surface area contributed by atoms with E-state index in [1.165, 1.54) is 0 Å². The lowest BCUT2D eigenvalue weighted by atomic mass is 9.72. The topological polar surface area (TPSA) is 88.1 Å². The third kappa shape index (κ3) is 3.34. The smallest absolute Gasteiger partial charge is 0.321 e. The zero-order valence-electron chi connectivity index (χ0n) is 14.0. The van der Waals surface area contributed by atoms with E-state index in [0.717, 1.165) is 0 Å². The summed E-state index contributed by atoms with van der Waals surface area (Å²) in [4.78, 5) is 37.0. The van der Waals surface area contributed by atoms with Gasteiger partial charge in [-0.25, -0.2) is 0 Å². The van der Waals surface area contributed by atoms with Crippen molar-refractivity contribution < 1.29 is 33.3 Å². The van der Waals surface area contributed by atoms with Crippen LogP contribution in [0.4, 0.5) is 0 Å². The van der Waals surface area contributed by atoms with Crippen molar-refractivity contribution in [2.75, 3.05) is 19.8 Å². The number of rotatable bonds is 4. The molecule has 0 unspecified atom stereocenters.